The monoisotopic (exact) mass is 345 g/mol. The maximum atomic E-state index is 12.4. The second-order valence-electron chi connectivity index (χ2n) is 7.37. The maximum absolute atomic E-state index is 12.4. The van der Waals surface area contributed by atoms with Gasteiger partial charge < -0.3 is 14.5 Å². The van der Waals surface area contributed by atoms with Crippen molar-refractivity contribution in [3.8, 4) is 0 Å². The lowest BCUT2D eigenvalue weighted by molar-refractivity contribution is -0.139. The van der Waals surface area contributed by atoms with Gasteiger partial charge in [-0.25, -0.2) is 0 Å². The average Bonchev–Trinajstić information content (AvgIpc) is 3.19. The largest absolute Gasteiger partial charge is 0.368 e. The van der Waals surface area contributed by atoms with E-state index in [1.54, 1.807) is 0 Å². The van der Waals surface area contributed by atoms with Gasteiger partial charge in [0.15, 0.2) is 0 Å². The molecule has 1 aromatic rings. The number of rotatable bonds is 7. The Hall–Kier alpha value is -1.46. The topological polar surface area (TPSA) is 45.7 Å². The van der Waals surface area contributed by atoms with Crippen molar-refractivity contribution in [1.29, 1.82) is 0 Å². The molecule has 1 aromatic heterocycles. The van der Waals surface area contributed by atoms with Gasteiger partial charge in [-0.15, -0.1) is 0 Å². The zero-order valence-electron chi connectivity index (χ0n) is 15.4. The molecule has 3 rings (SSSR count). The Labute approximate surface area is 151 Å². The van der Waals surface area contributed by atoms with Gasteiger partial charge in [-0.3, -0.25) is 9.78 Å². The lowest BCUT2D eigenvalue weighted by atomic mass is 10.0. The van der Waals surface area contributed by atoms with Gasteiger partial charge in [0.25, 0.3) is 0 Å². The highest BCUT2D eigenvalue weighted by Gasteiger charge is 2.26. The molecule has 0 spiro atoms. The zero-order valence-corrected chi connectivity index (χ0v) is 15.4. The summed E-state index contributed by atoms with van der Waals surface area (Å²) in [6, 6.07) is 6.44. The Bertz CT molecular complexity index is 523. The van der Waals surface area contributed by atoms with Gasteiger partial charge >= 0.3 is 0 Å². The fourth-order valence-corrected chi connectivity index (χ4v) is 3.90. The van der Waals surface area contributed by atoms with Crippen LogP contribution in [0.15, 0.2) is 24.4 Å². The third-order valence-corrected chi connectivity index (χ3v) is 5.65. The quantitative estimate of drug-likeness (QED) is 0.762. The number of hydrogen-bond acceptors (Lipinski definition) is 4. The van der Waals surface area contributed by atoms with E-state index in [-0.39, 0.29) is 12.5 Å². The van der Waals surface area contributed by atoms with E-state index in [9.17, 15) is 4.79 Å². The predicted molar refractivity (Wildman–Crippen MR) is 98.4 cm³/mol. The summed E-state index contributed by atoms with van der Waals surface area (Å²) in [6.07, 6.45) is 9.98. The van der Waals surface area contributed by atoms with Gasteiger partial charge in [0, 0.05) is 51.0 Å². The maximum Gasteiger partial charge on any atom is 0.248 e. The number of likely N-dealkylation sites (N-methyl/N-ethyl adjacent to an activating group) is 1. The minimum atomic E-state index is 0.138. The highest BCUT2D eigenvalue weighted by atomic mass is 16.5. The summed E-state index contributed by atoms with van der Waals surface area (Å²) in [5, 5.41) is 0. The van der Waals surface area contributed by atoms with Gasteiger partial charge in [0.1, 0.15) is 6.61 Å². The van der Waals surface area contributed by atoms with Crippen LogP contribution in [0.3, 0.4) is 0 Å². The van der Waals surface area contributed by atoms with Crippen LogP contribution in [0.5, 0.6) is 0 Å². The van der Waals surface area contributed by atoms with Gasteiger partial charge in [-0.1, -0.05) is 18.9 Å². The first-order valence-corrected chi connectivity index (χ1v) is 9.72. The molecule has 2 aliphatic rings. The molecule has 0 unspecified atom stereocenters. The Morgan fingerprint density at radius 1 is 1.24 bits per heavy atom. The van der Waals surface area contributed by atoms with Gasteiger partial charge in [-0.05, 0) is 37.8 Å². The molecule has 0 aromatic carbocycles. The number of ether oxygens (including phenoxy) is 1. The van der Waals surface area contributed by atoms with Crippen molar-refractivity contribution in [2.24, 2.45) is 0 Å². The molecule has 5 heteroatoms. The van der Waals surface area contributed by atoms with E-state index in [2.05, 4.69) is 16.0 Å². The second kappa shape index (κ2) is 9.30. The lowest BCUT2D eigenvalue weighted by Gasteiger charge is -2.36. The molecule has 1 aliphatic heterocycles. The molecule has 1 aliphatic carbocycles. The molecule has 1 saturated heterocycles. The zero-order chi connectivity index (χ0) is 17.5. The molecule has 1 amide bonds. The van der Waals surface area contributed by atoms with Crippen LogP contribution in [0.1, 0.15) is 44.2 Å². The van der Waals surface area contributed by atoms with Crippen molar-refractivity contribution in [3.05, 3.63) is 30.1 Å². The van der Waals surface area contributed by atoms with E-state index < -0.39 is 0 Å². The first-order chi connectivity index (χ1) is 12.2. The van der Waals surface area contributed by atoms with Crippen LogP contribution in [0.25, 0.3) is 0 Å². The van der Waals surface area contributed by atoms with Crippen molar-refractivity contribution in [1.82, 2.24) is 14.8 Å². The summed E-state index contributed by atoms with van der Waals surface area (Å²) in [6.45, 7) is 3.41. The molecule has 5 nitrogen and oxygen atoms in total. The highest BCUT2D eigenvalue weighted by Crippen LogP contribution is 2.21. The number of carbonyl (C=O) groups is 1. The molecule has 2 heterocycles. The van der Waals surface area contributed by atoms with E-state index in [1.807, 2.05) is 30.3 Å². The lowest BCUT2D eigenvalue weighted by Crippen LogP contribution is -2.47. The molecule has 1 saturated carbocycles. The van der Waals surface area contributed by atoms with Crippen LogP contribution in [-0.4, -0.2) is 66.1 Å². The standard InChI is InChI=1S/C20H31N3O2/c1-22(20(24)16-25-19-7-2-3-8-19)18-10-14-23(15-11-18)13-9-17-6-4-5-12-21-17/h4-6,12,18-19H,2-3,7-11,13-16H2,1H3. The summed E-state index contributed by atoms with van der Waals surface area (Å²) < 4.78 is 5.78. The summed E-state index contributed by atoms with van der Waals surface area (Å²) in [5.41, 5.74) is 1.15. The summed E-state index contributed by atoms with van der Waals surface area (Å²) in [5.74, 6) is 0.138. The predicted octanol–water partition coefficient (Wildman–Crippen LogP) is 2.51. The van der Waals surface area contributed by atoms with Gasteiger partial charge in [0.05, 0.1) is 6.10 Å². The molecule has 138 valence electrons. The van der Waals surface area contributed by atoms with Crippen LogP contribution in [0.2, 0.25) is 0 Å². The summed E-state index contributed by atoms with van der Waals surface area (Å²) in [4.78, 5) is 21.2. The SMILES string of the molecule is CN(C(=O)COC1CCCC1)C1CCN(CCc2ccccn2)CC1. The van der Waals surface area contributed by atoms with Crippen molar-refractivity contribution in [2.75, 3.05) is 33.3 Å². The third-order valence-electron chi connectivity index (χ3n) is 5.65. The van der Waals surface area contributed by atoms with Crippen LogP contribution in [0.4, 0.5) is 0 Å². The fraction of sp³-hybridized carbons (Fsp3) is 0.700. The summed E-state index contributed by atoms with van der Waals surface area (Å²) in [7, 11) is 1.94. The number of amides is 1. The number of aromatic nitrogens is 1. The number of carbonyl (C=O) groups excluding carboxylic acids is 1. The number of likely N-dealkylation sites (tertiary alicyclic amines) is 1. The van der Waals surface area contributed by atoms with E-state index in [0.717, 1.165) is 57.4 Å². The smallest absolute Gasteiger partial charge is 0.248 e. The molecule has 25 heavy (non-hydrogen) atoms. The number of piperidine rings is 1. The van der Waals surface area contributed by atoms with Crippen LogP contribution in [0, 0.1) is 0 Å². The summed E-state index contributed by atoms with van der Waals surface area (Å²) >= 11 is 0. The second-order valence-corrected chi connectivity index (χ2v) is 7.37. The van der Waals surface area contributed by atoms with Crippen LogP contribution >= 0.6 is 0 Å². The Kier molecular flexibility index (Phi) is 6.82. The van der Waals surface area contributed by atoms with Crippen LogP contribution < -0.4 is 0 Å². The van der Waals surface area contributed by atoms with E-state index in [0.29, 0.717) is 12.1 Å². The van der Waals surface area contributed by atoms with Gasteiger partial charge in [-0.2, -0.15) is 0 Å². The average molecular weight is 345 g/mol. The van der Waals surface area contributed by atoms with Crippen molar-refractivity contribution >= 4 is 5.91 Å². The van der Waals surface area contributed by atoms with Crippen LogP contribution in [-0.2, 0) is 16.0 Å². The molecule has 0 N–H and O–H groups in total. The molecule has 2 fully saturated rings. The normalized spacial score (nSPS) is 20.0. The third kappa shape index (κ3) is 5.51. The molecule has 0 radical (unpaired) electrons. The molecular weight excluding hydrogens is 314 g/mol. The molecule has 0 atom stereocenters. The Morgan fingerprint density at radius 2 is 2.00 bits per heavy atom. The first-order valence-electron chi connectivity index (χ1n) is 9.72. The molecular formula is C20H31N3O2. The van der Waals surface area contributed by atoms with Crippen molar-refractivity contribution < 1.29 is 9.53 Å². The van der Waals surface area contributed by atoms with Crippen molar-refractivity contribution in [2.45, 2.75) is 57.1 Å². The minimum absolute atomic E-state index is 0.138. The minimum Gasteiger partial charge on any atom is -0.368 e. The fourth-order valence-electron chi connectivity index (χ4n) is 3.90. The Balaban J connectivity index is 1.35. The molecule has 0 bridgehead atoms. The number of pyridine rings is 1. The van der Waals surface area contributed by atoms with Gasteiger partial charge in [0.2, 0.25) is 5.91 Å². The van der Waals surface area contributed by atoms with E-state index in [1.165, 1.54) is 12.8 Å². The number of hydrogen-bond donors (Lipinski definition) is 0. The Morgan fingerprint density at radius 3 is 2.68 bits per heavy atom. The van der Waals surface area contributed by atoms with Crippen molar-refractivity contribution in [3.63, 3.8) is 0 Å². The highest BCUT2D eigenvalue weighted by molar-refractivity contribution is 5.77. The first kappa shape index (κ1) is 18.3. The number of nitrogens with zero attached hydrogens (tertiary/aromatic N) is 3. The van der Waals surface area contributed by atoms with E-state index in [4.69, 9.17) is 4.74 Å². The van der Waals surface area contributed by atoms with E-state index >= 15 is 0 Å².